The van der Waals surface area contributed by atoms with Crippen LogP contribution in [0.25, 0.3) is 45.0 Å². The number of benzene rings is 3. The third kappa shape index (κ3) is 4.09. The van der Waals surface area contributed by atoms with Crippen LogP contribution in [0.2, 0.25) is 0 Å². The van der Waals surface area contributed by atoms with Crippen molar-refractivity contribution < 1.29 is 4.42 Å². The van der Waals surface area contributed by atoms with E-state index in [9.17, 15) is 4.79 Å². The molecule has 0 amide bonds. The maximum Gasteiger partial charge on any atom is 0.269 e. The topological polar surface area (TPSA) is 53.0 Å². The minimum absolute atomic E-state index is 0.242. The van der Waals surface area contributed by atoms with E-state index in [0.717, 1.165) is 33.6 Å². The van der Waals surface area contributed by atoms with E-state index in [4.69, 9.17) is 21.6 Å². The van der Waals surface area contributed by atoms with Crippen molar-refractivity contribution in [1.29, 1.82) is 0 Å². The van der Waals surface area contributed by atoms with Gasteiger partial charge in [0.05, 0.1) is 28.7 Å². The van der Waals surface area contributed by atoms with Crippen molar-refractivity contribution in [2.24, 2.45) is 0 Å². The van der Waals surface area contributed by atoms with Crippen molar-refractivity contribution >= 4 is 23.3 Å². The highest BCUT2D eigenvalue weighted by molar-refractivity contribution is 7.71. The van der Waals surface area contributed by atoms with Gasteiger partial charge in [-0.1, -0.05) is 54.1 Å². The van der Waals surface area contributed by atoms with Crippen molar-refractivity contribution in [2.45, 2.75) is 20.8 Å². The van der Waals surface area contributed by atoms with Crippen molar-refractivity contribution in [3.8, 4) is 34.0 Å². The fraction of sp³-hybridized carbons (Fsp3) is 0.0938. The predicted molar refractivity (Wildman–Crippen MR) is 155 cm³/mol. The van der Waals surface area contributed by atoms with Gasteiger partial charge in [-0.15, -0.1) is 0 Å². The van der Waals surface area contributed by atoms with Gasteiger partial charge in [0.1, 0.15) is 5.76 Å². The summed E-state index contributed by atoms with van der Waals surface area (Å²) in [5.74, 6) is 0.589. The summed E-state index contributed by atoms with van der Waals surface area (Å²) in [6.07, 6.45) is 1.61. The van der Waals surface area contributed by atoms with Crippen LogP contribution in [0, 0.1) is 25.5 Å². The Morgan fingerprint density at radius 1 is 0.737 bits per heavy atom. The first-order valence-corrected chi connectivity index (χ1v) is 12.8. The Morgan fingerprint density at radius 2 is 1.39 bits per heavy atom. The average molecular weight is 516 g/mol. The number of aromatic nitrogens is 3. The first-order chi connectivity index (χ1) is 18.4. The standard InChI is InChI=1S/C32H25N3O2S/c1-20-12-14-23(15-13-20)27-19-26(28-11-6-16-37-28)29-30(33-27)34(24-9-4-7-21(2)17-24)32(38)35(31(29)36)25-10-5-8-22(3)18-25/h4-19H,1-3H3. The fourth-order valence-electron chi connectivity index (χ4n) is 4.79. The molecule has 3 heterocycles. The SMILES string of the molecule is Cc1ccc(-c2cc(-c3ccco3)c3c(=O)n(-c4cccc(C)c4)c(=S)n(-c4cccc(C)c4)c3n2)cc1. The Labute approximate surface area is 225 Å². The molecular formula is C32H25N3O2S. The maximum atomic E-state index is 14.3. The molecular weight excluding hydrogens is 490 g/mol. The first kappa shape index (κ1) is 23.8. The molecule has 0 saturated heterocycles. The largest absolute Gasteiger partial charge is 0.464 e. The summed E-state index contributed by atoms with van der Waals surface area (Å²) < 4.78 is 9.67. The van der Waals surface area contributed by atoms with Crippen LogP contribution in [0.4, 0.5) is 0 Å². The number of hydrogen-bond acceptors (Lipinski definition) is 4. The van der Waals surface area contributed by atoms with Crippen molar-refractivity contribution in [1.82, 2.24) is 14.1 Å². The van der Waals surface area contributed by atoms with Gasteiger partial charge in [0, 0.05) is 11.1 Å². The van der Waals surface area contributed by atoms with Crippen molar-refractivity contribution in [3.05, 3.63) is 129 Å². The Hall–Kier alpha value is -4.55. The van der Waals surface area contributed by atoms with Crippen LogP contribution in [0.1, 0.15) is 16.7 Å². The lowest BCUT2D eigenvalue weighted by Gasteiger charge is -2.18. The van der Waals surface area contributed by atoms with Crippen LogP contribution in [-0.2, 0) is 0 Å². The molecule has 0 aliphatic heterocycles. The molecule has 0 bridgehead atoms. The van der Waals surface area contributed by atoms with E-state index in [0.29, 0.717) is 32.8 Å². The molecule has 38 heavy (non-hydrogen) atoms. The lowest BCUT2D eigenvalue weighted by atomic mass is 10.0. The van der Waals surface area contributed by atoms with Crippen molar-refractivity contribution in [3.63, 3.8) is 0 Å². The van der Waals surface area contributed by atoms with Gasteiger partial charge < -0.3 is 4.42 Å². The van der Waals surface area contributed by atoms with Crippen LogP contribution in [-0.4, -0.2) is 14.1 Å². The molecule has 6 heteroatoms. The van der Waals surface area contributed by atoms with E-state index in [1.54, 1.807) is 10.8 Å². The van der Waals surface area contributed by atoms with Crippen LogP contribution in [0.15, 0.2) is 106 Å². The molecule has 5 nitrogen and oxygen atoms in total. The molecule has 0 saturated carbocycles. The first-order valence-electron chi connectivity index (χ1n) is 12.4. The van der Waals surface area contributed by atoms with Gasteiger partial charge in [-0.3, -0.25) is 13.9 Å². The van der Waals surface area contributed by atoms with E-state index in [1.807, 2.05) is 97.3 Å². The summed E-state index contributed by atoms with van der Waals surface area (Å²) >= 11 is 6.04. The zero-order valence-corrected chi connectivity index (χ0v) is 22.1. The van der Waals surface area contributed by atoms with Gasteiger partial charge in [-0.2, -0.15) is 0 Å². The van der Waals surface area contributed by atoms with E-state index in [2.05, 4.69) is 19.1 Å². The third-order valence-electron chi connectivity index (χ3n) is 6.67. The summed E-state index contributed by atoms with van der Waals surface area (Å²) in [4.78, 5) is 19.4. The van der Waals surface area contributed by atoms with Gasteiger partial charge in [-0.05, 0) is 86.6 Å². The van der Waals surface area contributed by atoms with E-state index < -0.39 is 0 Å². The Kier molecular flexibility index (Phi) is 5.89. The van der Waals surface area contributed by atoms with Crippen LogP contribution in [0.5, 0.6) is 0 Å². The van der Waals surface area contributed by atoms with Gasteiger partial charge in [0.25, 0.3) is 5.56 Å². The minimum atomic E-state index is -0.242. The molecule has 0 unspecified atom stereocenters. The lowest BCUT2D eigenvalue weighted by Crippen LogP contribution is -2.25. The number of nitrogens with zero attached hydrogens (tertiary/aromatic N) is 3. The van der Waals surface area contributed by atoms with Gasteiger partial charge in [0.2, 0.25) is 0 Å². The van der Waals surface area contributed by atoms with E-state index >= 15 is 0 Å². The molecule has 0 fully saturated rings. The maximum absolute atomic E-state index is 14.3. The second kappa shape index (κ2) is 9.39. The van der Waals surface area contributed by atoms with Crippen LogP contribution >= 0.6 is 12.2 Å². The molecule has 0 aliphatic carbocycles. The number of pyridine rings is 1. The van der Waals surface area contributed by atoms with Gasteiger partial charge in [-0.25, -0.2) is 4.98 Å². The zero-order chi connectivity index (χ0) is 26.4. The predicted octanol–water partition coefficient (Wildman–Crippen LogP) is 7.76. The summed E-state index contributed by atoms with van der Waals surface area (Å²) in [5.41, 5.74) is 7.38. The summed E-state index contributed by atoms with van der Waals surface area (Å²) in [6, 6.07) is 29.6. The Bertz CT molecular complexity index is 1930. The summed E-state index contributed by atoms with van der Waals surface area (Å²) in [5, 5.41) is 0.437. The highest BCUT2D eigenvalue weighted by Crippen LogP contribution is 2.32. The van der Waals surface area contributed by atoms with Crippen LogP contribution < -0.4 is 5.56 Å². The molecule has 0 N–H and O–H groups in total. The second-order valence-electron chi connectivity index (χ2n) is 9.53. The lowest BCUT2D eigenvalue weighted by molar-refractivity contribution is 0.583. The Morgan fingerprint density at radius 3 is 2.00 bits per heavy atom. The number of furan rings is 1. The quantitative estimate of drug-likeness (QED) is 0.225. The normalized spacial score (nSPS) is 11.2. The van der Waals surface area contributed by atoms with E-state index in [-0.39, 0.29) is 5.56 Å². The molecule has 0 aliphatic rings. The van der Waals surface area contributed by atoms with Gasteiger partial charge in [0.15, 0.2) is 10.4 Å². The van der Waals surface area contributed by atoms with Crippen molar-refractivity contribution in [2.75, 3.05) is 0 Å². The molecule has 6 rings (SSSR count). The van der Waals surface area contributed by atoms with E-state index in [1.165, 1.54) is 0 Å². The highest BCUT2D eigenvalue weighted by Gasteiger charge is 2.21. The molecule has 0 radical (unpaired) electrons. The third-order valence-corrected chi connectivity index (χ3v) is 7.03. The smallest absolute Gasteiger partial charge is 0.269 e. The molecule has 3 aromatic carbocycles. The highest BCUT2D eigenvalue weighted by atomic mass is 32.1. The number of hydrogen-bond donors (Lipinski definition) is 0. The molecule has 6 aromatic rings. The minimum Gasteiger partial charge on any atom is -0.464 e. The monoisotopic (exact) mass is 515 g/mol. The number of rotatable bonds is 4. The number of aryl methyl sites for hydroxylation is 3. The summed E-state index contributed by atoms with van der Waals surface area (Å²) in [6.45, 7) is 6.08. The molecule has 186 valence electrons. The number of fused-ring (bicyclic) bond motifs is 1. The summed E-state index contributed by atoms with van der Waals surface area (Å²) in [7, 11) is 0. The average Bonchev–Trinajstić information content (AvgIpc) is 3.44. The second-order valence-corrected chi connectivity index (χ2v) is 9.90. The molecule has 3 aromatic heterocycles. The fourth-order valence-corrected chi connectivity index (χ4v) is 5.17. The Balaban J connectivity index is 1.83. The van der Waals surface area contributed by atoms with Gasteiger partial charge >= 0.3 is 0 Å². The zero-order valence-electron chi connectivity index (χ0n) is 21.3. The van der Waals surface area contributed by atoms with Crippen LogP contribution in [0.3, 0.4) is 0 Å². The molecule has 0 spiro atoms. The molecule has 0 atom stereocenters.